The van der Waals surface area contributed by atoms with Crippen LogP contribution in [0.15, 0.2) is 18.2 Å². The summed E-state index contributed by atoms with van der Waals surface area (Å²) in [7, 11) is 1.34. The minimum absolute atomic E-state index is 0.300. The fraction of sp³-hybridized carbons (Fsp3) is 0.300. The average molecular weight is 263 g/mol. The highest BCUT2D eigenvalue weighted by atomic mass is 35.5. The molecule has 1 amide bonds. The number of hydrogen-bond donors (Lipinski definition) is 2. The van der Waals surface area contributed by atoms with Crippen LogP contribution in [0.25, 0.3) is 0 Å². The number of hydrogen-bond acceptors (Lipinski definition) is 3. The summed E-state index contributed by atoms with van der Waals surface area (Å²) in [6.45, 7) is 0. The lowest BCUT2D eigenvalue weighted by atomic mass is 10.1. The molecule has 6 heteroatoms. The molecule has 0 saturated carbocycles. The van der Waals surface area contributed by atoms with Crippen LogP contribution in [0, 0.1) is 0 Å². The van der Waals surface area contributed by atoms with Gasteiger partial charge in [-0.05, 0) is 18.1 Å². The first kappa shape index (κ1) is 13.3. The Morgan fingerprint density at radius 1 is 1.56 bits per heavy atom. The summed E-state index contributed by atoms with van der Waals surface area (Å²) in [5, 5.41) is 0.864. The van der Waals surface area contributed by atoms with Gasteiger partial charge in [-0.25, -0.2) is 5.48 Å². The third kappa shape index (κ3) is 3.35. The second-order valence-electron chi connectivity index (χ2n) is 3.19. The number of halogens is 2. The fourth-order valence-corrected chi connectivity index (χ4v) is 1.61. The molecule has 4 nitrogen and oxygen atoms in total. The molecular weight excluding hydrogens is 251 g/mol. The highest BCUT2D eigenvalue weighted by Gasteiger charge is 2.16. The number of benzene rings is 1. The Kier molecular flexibility index (Phi) is 5.02. The second kappa shape index (κ2) is 6.06. The summed E-state index contributed by atoms with van der Waals surface area (Å²) in [5.41, 5.74) is 8.55. The maximum absolute atomic E-state index is 11.3. The predicted octanol–water partition coefficient (Wildman–Crippen LogP) is 1.54. The van der Waals surface area contributed by atoms with Gasteiger partial charge in [-0.15, -0.1) is 0 Å². The smallest absolute Gasteiger partial charge is 0.260 e. The van der Waals surface area contributed by atoms with E-state index in [-0.39, 0.29) is 0 Å². The molecule has 0 fully saturated rings. The third-order valence-electron chi connectivity index (χ3n) is 2.01. The van der Waals surface area contributed by atoms with Crippen LogP contribution in [-0.2, 0) is 16.1 Å². The predicted molar refractivity (Wildman–Crippen MR) is 63.3 cm³/mol. The van der Waals surface area contributed by atoms with Crippen molar-refractivity contribution in [2.75, 3.05) is 7.11 Å². The van der Waals surface area contributed by atoms with E-state index in [0.29, 0.717) is 16.5 Å². The maximum Gasteiger partial charge on any atom is 0.260 e. The SMILES string of the molecule is CONC(=O)C(N)Cc1cccc(Cl)c1Cl. The van der Waals surface area contributed by atoms with Gasteiger partial charge in [-0.1, -0.05) is 35.3 Å². The third-order valence-corrected chi connectivity index (χ3v) is 2.87. The molecule has 16 heavy (non-hydrogen) atoms. The normalized spacial score (nSPS) is 12.2. The number of hydroxylamine groups is 1. The van der Waals surface area contributed by atoms with E-state index in [1.807, 2.05) is 0 Å². The first-order chi connectivity index (χ1) is 7.56. The molecule has 0 aliphatic rings. The molecule has 88 valence electrons. The van der Waals surface area contributed by atoms with E-state index in [0.717, 1.165) is 5.56 Å². The van der Waals surface area contributed by atoms with Crippen molar-refractivity contribution in [1.29, 1.82) is 0 Å². The summed E-state index contributed by atoms with van der Waals surface area (Å²) >= 11 is 11.8. The molecule has 0 saturated heterocycles. The lowest BCUT2D eigenvalue weighted by molar-refractivity contribution is -0.132. The molecule has 0 spiro atoms. The Morgan fingerprint density at radius 3 is 2.88 bits per heavy atom. The summed E-state index contributed by atoms with van der Waals surface area (Å²) in [4.78, 5) is 15.8. The average Bonchev–Trinajstić information content (AvgIpc) is 2.25. The summed E-state index contributed by atoms with van der Waals surface area (Å²) in [5.74, 6) is -0.404. The highest BCUT2D eigenvalue weighted by molar-refractivity contribution is 6.42. The van der Waals surface area contributed by atoms with Gasteiger partial charge in [0.15, 0.2) is 0 Å². The van der Waals surface area contributed by atoms with E-state index in [4.69, 9.17) is 28.9 Å². The number of nitrogens with one attached hydrogen (secondary N) is 1. The number of amides is 1. The van der Waals surface area contributed by atoms with Gasteiger partial charge in [0.05, 0.1) is 23.2 Å². The van der Waals surface area contributed by atoms with Crippen LogP contribution in [0.5, 0.6) is 0 Å². The number of carbonyl (C=O) groups excluding carboxylic acids is 1. The van der Waals surface area contributed by atoms with Crippen LogP contribution in [0.2, 0.25) is 10.0 Å². The lowest BCUT2D eigenvalue weighted by Gasteiger charge is -2.12. The minimum atomic E-state index is -0.726. The summed E-state index contributed by atoms with van der Waals surface area (Å²) < 4.78 is 0. The van der Waals surface area contributed by atoms with Crippen molar-refractivity contribution in [2.45, 2.75) is 12.5 Å². The van der Waals surface area contributed by atoms with Crippen LogP contribution in [0.1, 0.15) is 5.56 Å². The largest absolute Gasteiger partial charge is 0.320 e. The van der Waals surface area contributed by atoms with Crippen LogP contribution < -0.4 is 11.2 Å². The highest BCUT2D eigenvalue weighted by Crippen LogP contribution is 2.26. The van der Waals surface area contributed by atoms with Gasteiger partial charge in [-0.3, -0.25) is 9.63 Å². The van der Waals surface area contributed by atoms with E-state index in [1.165, 1.54) is 7.11 Å². The quantitative estimate of drug-likeness (QED) is 0.810. The maximum atomic E-state index is 11.3. The molecule has 0 radical (unpaired) electrons. The van der Waals surface area contributed by atoms with Crippen molar-refractivity contribution < 1.29 is 9.63 Å². The number of carbonyl (C=O) groups is 1. The van der Waals surface area contributed by atoms with E-state index in [2.05, 4.69) is 10.3 Å². The zero-order valence-corrected chi connectivity index (χ0v) is 10.2. The van der Waals surface area contributed by atoms with E-state index < -0.39 is 11.9 Å². The minimum Gasteiger partial charge on any atom is -0.320 e. The first-order valence-electron chi connectivity index (χ1n) is 4.57. The van der Waals surface area contributed by atoms with Crippen LogP contribution in [0.3, 0.4) is 0 Å². The summed E-state index contributed by atoms with van der Waals surface area (Å²) in [6, 6.07) is 4.48. The zero-order chi connectivity index (χ0) is 12.1. The molecule has 1 unspecified atom stereocenters. The van der Waals surface area contributed by atoms with Gasteiger partial charge >= 0.3 is 0 Å². The molecule has 0 aliphatic heterocycles. The van der Waals surface area contributed by atoms with Crippen molar-refractivity contribution >= 4 is 29.1 Å². The van der Waals surface area contributed by atoms with Crippen LogP contribution >= 0.6 is 23.2 Å². The molecular formula is C10H12Cl2N2O2. The molecule has 1 atom stereocenters. The lowest BCUT2D eigenvalue weighted by Crippen LogP contribution is -2.41. The van der Waals surface area contributed by atoms with Crippen molar-refractivity contribution in [3.63, 3.8) is 0 Å². The van der Waals surface area contributed by atoms with Gasteiger partial charge in [0, 0.05) is 0 Å². The monoisotopic (exact) mass is 262 g/mol. The van der Waals surface area contributed by atoms with Crippen molar-refractivity contribution in [3.05, 3.63) is 33.8 Å². The Labute approximate surface area is 104 Å². The topological polar surface area (TPSA) is 64.3 Å². The van der Waals surface area contributed by atoms with Gasteiger partial charge in [-0.2, -0.15) is 0 Å². The van der Waals surface area contributed by atoms with E-state index in [1.54, 1.807) is 18.2 Å². The van der Waals surface area contributed by atoms with Gasteiger partial charge in [0.1, 0.15) is 0 Å². The Balaban J connectivity index is 2.73. The first-order valence-corrected chi connectivity index (χ1v) is 5.33. The molecule has 0 bridgehead atoms. The molecule has 0 aliphatic carbocycles. The van der Waals surface area contributed by atoms with Crippen LogP contribution in [-0.4, -0.2) is 19.1 Å². The fourth-order valence-electron chi connectivity index (χ4n) is 1.21. The van der Waals surface area contributed by atoms with Crippen molar-refractivity contribution in [1.82, 2.24) is 5.48 Å². The Bertz CT molecular complexity index is 385. The molecule has 1 rings (SSSR count). The molecule has 0 aromatic heterocycles. The molecule has 1 aromatic rings. The number of rotatable bonds is 4. The molecule has 1 aromatic carbocycles. The zero-order valence-electron chi connectivity index (χ0n) is 8.67. The molecule has 3 N–H and O–H groups in total. The number of nitrogens with two attached hydrogens (primary N) is 1. The van der Waals surface area contributed by atoms with Gasteiger partial charge < -0.3 is 5.73 Å². The summed E-state index contributed by atoms with van der Waals surface area (Å²) in [6.07, 6.45) is 0.300. The van der Waals surface area contributed by atoms with Gasteiger partial charge in [0.2, 0.25) is 0 Å². The van der Waals surface area contributed by atoms with Crippen LogP contribution in [0.4, 0.5) is 0 Å². The Hall–Kier alpha value is -0.810. The van der Waals surface area contributed by atoms with Gasteiger partial charge in [0.25, 0.3) is 5.91 Å². The van der Waals surface area contributed by atoms with E-state index >= 15 is 0 Å². The van der Waals surface area contributed by atoms with Crippen molar-refractivity contribution in [2.24, 2.45) is 5.73 Å². The van der Waals surface area contributed by atoms with E-state index in [9.17, 15) is 4.79 Å². The molecule has 0 heterocycles. The Morgan fingerprint density at radius 2 is 2.25 bits per heavy atom. The second-order valence-corrected chi connectivity index (χ2v) is 3.98. The van der Waals surface area contributed by atoms with Crippen molar-refractivity contribution in [3.8, 4) is 0 Å². The standard InChI is InChI=1S/C10H12Cl2N2O2/c1-16-14-10(15)8(13)5-6-3-2-4-7(11)9(6)12/h2-4,8H,5,13H2,1H3,(H,14,15).